The molecule has 2 N–H and O–H groups in total. The highest BCUT2D eigenvalue weighted by Gasteiger charge is 2.38. The van der Waals surface area contributed by atoms with Gasteiger partial charge in [0, 0.05) is 6.04 Å². The Morgan fingerprint density at radius 2 is 1.65 bits per heavy atom. The van der Waals surface area contributed by atoms with E-state index >= 15 is 0 Å². The SMILES string of the molecule is CC[C@@H](C)Nc1nc(N[C@@H](CC)C(F)(F)F)nc(-c2cccc(Cl)n2)n1. The minimum atomic E-state index is -4.42. The quantitative estimate of drug-likeness (QED) is 0.678. The van der Waals surface area contributed by atoms with Crippen molar-refractivity contribution in [2.75, 3.05) is 10.6 Å². The Morgan fingerprint density at radius 3 is 2.19 bits per heavy atom. The Morgan fingerprint density at radius 1 is 1.00 bits per heavy atom. The van der Waals surface area contributed by atoms with Gasteiger partial charge >= 0.3 is 6.18 Å². The van der Waals surface area contributed by atoms with Gasteiger partial charge in [0.15, 0.2) is 5.82 Å². The van der Waals surface area contributed by atoms with Crippen molar-refractivity contribution >= 4 is 23.5 Å². The van der Waals surface area contributed by atoms with Gasteiger partial charge in [0.2, 0.25) is 11.9 Å². The van der Waals surface area contributed by atoms with Gasteiger partial charge in [-0.2, -0.15) is 28.1 Å². The van der Waals surface area contributed by atoms with Crippen LogP contribution in [0.4, 0.5) is 25.1 Å². The van der Waals surface area contributed by atoms with Gasteiger partial charge < -0.3 is 10.6 Å². The van der Waals surface area contributed by atoms with Crippen LogP contribution >= 0.6 is 11.6 Å². The lowest BCUT2D eigenvalue weighted by molar-refractivity contribution is -0.143. The molecule has 0 unspecified atom stereocenters. The van der Waals surface area contributed by atoms with Gasteiger partial charge in [0.05, 0.1) is 0 Å². The number of aromatic nitrogens is 4. The first-order valence-corrected chi connectivity index (χ1v) is 8.59. The summed E-state index contributed by atoms with van der Waals surface area (Å²) >= 11 is 5.89. The lowest BCUT2D eigenvalue weighted by Crippen LogP contribution is -2.36. The van der Waals surface area contributed by atoms with E-state index in [0.717, 1.165) is 6.42 Å². The van der Waals surface area contributed by atoms with Crippen LogP contribution in [0.5, 0.6) is 0 Å². The van der Waals surface area contributed by atoms with E-state index in [-0.39, 0.29) is 35.3 Å². The van der Waals surface area contributed by atoms with E-state index in [1.165, 1.54) is 6.92 Å². The Hall–Kier alpha value is -2.16. The molecule has 0 saturated carbocycles. The third-order valence-electron chi connectivity index (χ3n) is 3.67. The minimum absolute atomic E-state index is 0.0370. The van der Waals surface area contributed by atoms with Gasteiger partial charge in [-0.15, -0.1) is 0 Å². The Balaban J connectivity index is 2.43. The molecule has 0 aliphatic rings. The molecule has 2 heterocycles. The molecule has 0 fully saturated rings. The number of rotatable bonds is 7. The van der Waals surface area contributed by atoms with Crippen LogP contribution in [0.1, 0.15) is 33.6 Å². The van der Waals surface area contributed by atoms with Crippen LogP contribution in [0.3, 0.4) is 0 Å². The highest BCUT2D eigenvalue weighted by Crippen LogP contribution is 2.26. The smallest absolute Gasteiger partial charge is 0.352 e. The number of pyridine rings is 1. The zero-order valence-corrected chi connectivity index (χ0v) is 15.4. The molecule has 6 nitrogen and oxygen atoms in total. The molecule has 2 rings (SSSR count). The van der Waals surface area contributed by atoms with Crippen LogP contribution in [0, 0.1) is 0 Å². The van der Waals surface area contributed by atoms with Crippen LogP contribution in [-0.2, 0) is 0 Å². The second-order valence-electron chi connectivity index (χ2n) is 5.75. The van der Waals surface area contributed by atoms with E-state index < -0.39 is 12.2 Å². The fourth-order valence-corrected chi connectivity index (χ4v) is 2.21. The maximum Gasteiger partial charge on any atom is 0.408 e. The Kier molecular flexibility index (Phi) is 6.57. The first kappa shape index (κ1) is 20.2. The van der Waals surface area contributed by atoms with Crippen LogP contribution < -0.4 is 10.6 Å². The third-order valence-corrected chi connectivity index (χ3v) is 3.88. The predicted octanol–water partition coefficient (Wildman–Crippen LogP) is 4.55. The van der Waals surface area contributed by atoms with Gasteiger partial charge in [-0.1, -0.05) is 31.5 Å². The summed E-state index contributed by atoms with van der Waals surface area (Å²) < 4.78 is 39.2. The topological polar surface area (TPSA) is 75.6 Å². The predicted molar refractivity (Wildman–Crippen MR) is 95.2 cm³/mol. The molecule has 2 aromatic heterocycles. The van der Waals surface area contributed by atoms with Crippen molar-refractivity contribution in [2.45, 2.75) is 51.9 Å². The summed E-state index contributed by atoms with van der Waals surface area (Å²) in [4.78, 5) is 16.5. The number of nitrogens with one attached hydrogen (secondary N) is 2. The highest BCUT2D eigenvalue weighted by molar-refractivity contribution is 6.29. The molecule has 0 saturated heterocycles. The molecule has 0 bridgehead atoms. The van der Waals surface area contributed by atoms with Crippen LogP contribution in [-0.4, -0.2) is 38.2 Å². The van der Waals surface area contributed by atoms with Crippen molar-refractivity contribution in [3.05, 3.63) is 23.4 Å². The first-order chi connectivity index (χ1) is 12.2. The van der Waals surface area contributed by atoms with Crippen LogP contribution in [0.15, 0.2) is 18.2 Å². The highest BCUT2D eigenvalue weighted by atomic mass is 35.5. The van der Waals surface area contributed by atoms with E-state index in [4.69, 9.17) is 11.6 Å². The van der Waals surface area contributed by atoms with Crippen molar-refractivity contribution < 1.29 is 13.2 Å². The fraction of sp³-hybridized carbons (Fsp3) is 0.500. The molecule has 0 amide bonds. The van der Waals surface area contributed by atoms with Gasteiger partial charge in [0.1, 0.15) is 16.9 Å². The maximum absolute atomic E-state index is 13.1. The number of alkyl halides is 3. The first-order valence-electron chi connectivity index (χ1n) is 8.21. The summed E-state index contributed by atoms with van der Waals surface area (Å²) in [5, 5.41) is 5.61. The fourth-order valence-electron chi connectivity index (χ4n) is 2.05. The van der Waals surface area contributed by atoms with Gasteiger partial charge in [-0.05, 0) is 31.9 Å². The summed E-state index contributed by atoms with van der Waals surface area (Å²) in [6.07, 6.45) is -3.78. The van der Waals surface area contributed by atoms with Crippen molar-refractivity contribution in [3.63, 3.8) is 0 Å². The van der Waals surface area contributed by atoms with Crippen molar-refractivity contribution in [2.24, 2.45) is 0 Å². The molecule has 0 aliphatic heterocycles. The summed E-state index contributed by atoms with van der Waals surface area (Å²) in [5.41, 5.74) is 0.343. The number of halogens is 4. The van der Waals surface area contributed by atoms with Crippen molar-refractivity contribution in [1.82, 2.24) is 19.9 Å². The van der Waals surface area contributed by atoms with E-state index in [0.29, 0.717) is 5.69 Å². The molecule has 142 valence electrons. The standard InChI is InChI=1S/C16H20ClF3N6/c1-4-9(3)21-14-24-13(10-7-6-8-12(17)22-10)25-15(26-14)23-11(5-2)16(18,19)20/h6-9,11H,4-5H2,1-3H3,(H2,21,23,24,25,26)/t9-,11+/m1/s1. The molecule has 2 aromatic rings. The summed E-state index contributed by atoms with van der Waals surface area (Å²) in [6.45, 7) is 5.32. The average molecular weight is 389 g/mol. The van der Waals surface area contributed by atoms with Crippen molar-refractivity contribution in [1.29, 1.82) is 0 Å². The molecule has 0 radical (unpaired) electrons. The van der Waals surface area contributed by atoms with Gasteiger partial charge in [0.25, 0.3) is 0 Å². The number of anilines is 2. The Bertz CT molecular complexity index is 740. The summed E-state index contributed by atoms with van der Waals surface area (Å²) in [5.74, 6) is 0.130. The molecule has 0 spiro atoms. The molecular weight excluding hydrogens is 369 g/mol. The normalized spacial score (nSPS) is 14.0. The largest absolute Gasteiger partial charge is 0.408 e. The third kappa shape index (κ3) is 5.42. The molecular formula is C16H20ClF3N6. The van der Waals surface area contributed by atoms with E-state index in [1.54, 1.807) is 18.2 Å². The summed E-state index contributed by atoms with van der Waals surface area (Å²) in [6, 6.07) is 3.14. The van der Waals surface area contributed by atoms with E-state index in [9.17, 15) is 13.2 Å². The lowest BCUT2D eigenvalue weighted by atomic mass is 10.2. The van der Waals surface area contributed by atoms with E-state index in [2.05, 4.69) is 30.6 Å². The zero-order chi connectivity index (χ0) is 19.3. The zero-order valence-electron chi connectivity index (χ0n) is 14.6. The average Bonchev–Trinajstić information content (AvgIpc) is 2.58. The lowest BCUT2D eigenvalue weighted by Gasteiger charge is -2.21. The summed E-state index contributed by atoms with van der Waals surface area (Å²) in [7, 11) is 0. The molecule has 2 atom stereocenters. The number of hydrogen-bond donors (Lipinski definition) is 2. The van der Waals surface area contributed by atoms with Crippen molar-refractivity contribution in [3.8, 4) is 11.5 Å². The second kappa shape index (κ2) is 8.48. The molecule has 0 aliphatic carbocycles. The van der Waals surface area contributed by atoms with Crippen LogP contribution in [0.2, 0.25) is 5.15 Å². The van der Waals surface area contributed by atoms with Gasteiger partial charge in [-0.25, -0.2) is 4.98 Å². The molecule has 26 heavy (non-hydrogen) atoms. The van der Waals surface area contributed by atoms with Gasteiger partial charge in [-0.3, -0.25) is 0 Å². The molecule has 0 aromatic carbocycles. The Labute approximate surface area is 154 Å². The molecule has 10 heteroatoms. The monoisotopic (exact) mass is 388 g/mol. The second-order valence-corrected chi connectivity index (χ2v) is 6.14. The van der Waals surface area contributed by atoms with Crippen LogP contribution in [0.25, 0.3) is 11.5 Å². The minimum Gasteiger partial charge on any atom is -0.352 e. The van der Waals surface area contributed by atoms with E-state index in [1.807, 2.05) is 13.8 Å². The number of nitrogens with zero attached hydrogens (tertiary/aromatic N) is 4. The number of hydrogen-bond acceptors (Lipinski definition) is 6. The maximum atomic E-state index is 13.1.